The topological polar surface area (TPSA) is 55.4 Å². The number of nitrogens with one attached hydrogen (secondary N) is 1. The molecule has 2 rings (SSSR count). The van der Waals surface area contributed by atoms with Gasteiger partial charge in [0.15, 0.2) is 6.10 Å². The number of amides is 1. The van der Waals surface area contributed by atoms with Crippen LogP contribution < -0.4 is 5.32 Å². The van der Waals surface area contributed by atoms with Crippen molar-refractivity contribution < 1.29 is 18.7 Å². The first-order chi connectivity index (χ1) is 10.9. The summed E-state index contributed by atoms with van der Waals surface area (Å²) in [6, 6.07) is 9.92. The fourth-order valence-corrected chi connectivity index (χ4v) is 2.33. The molecule has 0 aliphatic heterocycles. The molecule has 2 aromatic rings. The van der Waals surface area contributed by atoms with E-state index in [1.165, 1.54) is 37.3 Å². The van der Waals surface area contributed by atoms with Gasteiger partial charge >= 0.3 is 5.97 Å². The Morgan fingerprint density at radius 1 is 1.13 bits per heavy atom. The van der Waals surface area contributed by atoms with Crippen LogP contribution in [0.3, 0.4) is 0 Å². The molecular weight excluding hydrogens is 344 g/mol. The number of hydrogen-bond donors (Lipinski definition) is 1. The third-order valence-electron chi connectivity index (χ3n) is 2.91. The van der Waals surface area contributed by atoms with Crippen LogP contribution in [0, 0.1) is 5.82 Å². The van der Waals surface area contributed by atoms with E-state index in [0.717, 1.165) is 6.07 Å². The highest BCUT2D eigenvalue weighted by molar-refractivity contribution is 6.39. The highest BCUT2D eigenvalue weighted by atomic mass is 35.5. The van der Waals surface area contributed by atoms with Crippen molar-refractivity contribution >= 4 is 40.8 Å². The van der Waals surface area contributed by atoms with Gasteiger partial charge in [0, 0.05) is 5.69 Å². The van der Waals surface area contributed by atoms with Crippen LogP contribution in [0.5, 0.6) is 0 Å². The Labute approximate surface area is 142 Å². The molecule has 0 saturated carbocycles. The normalized spacial score (nSPS) is 11.7. The number of carbonyl (C=O) groups is 2. The number of rotatable bonds is 4. The van der Waals surface area contributed by atoms with Gasteiger partial charge in [0.2, 0.25) is 0 Å². The Hall–Kier alpha value is -2.11. The second-order valence-corrected chi connectivity index (χ2v) is 5.46. The molecule has 0 bridgehead atoms. The van der Waals surface area contributed by atoms with Crippen molar-refractivity contribution in [1.82, 2.24) is 0 Å². The number of anilines is 1. The largest absolute Gasteiger partial charge is 0.449 e. The van der Waals surface area contributed by atoms with Crippen LogP contribution >= 0.6 is 23.2 Å². The average Bonchev–Trinajstić information content (AvgIpc) is 2.46. The highest BCUT2D eigenvalue weighted by Gasteiger charge is 2.22. The maximum Gasteiger partial charge on any atom is 0.341 e. The van der Waals surface area contributed by atoms with Crippen LogP contribution in [0.15, 0.2) is 42.5 Å². The molecule has 0 heterocycles. The number of carbonyl (C=O) groups excluding carboxylic acids is 2. The summed E-state index contributed by atoms with van der Waals surface area (Å²) in [6.45, 7) is 1.39. The van der Waals surface area contributed by atoms with Crippen molar-refractivity contribution in [2.45, 2.75) is 13.0 Å². The number of ether oxygens (including phenoxy) is 1. The molecule has 0 aliphatic carbocycles. The van der Waals surface area contributed by atoms with Crippen LogP contribution in [0.25, 0.3) is 0 Å². The van der Waals surface area contributed by atoms with Crippen LogP contribution in [0.2, 0.25) is 10.0 Å². The second-order valence-electron chi connectivity index (χ2n) is 4.64. The molecule has 0 fully saturated rings. The van der Waals surface area contributed by atoms with Crippen molar-refractivity contribution in [3.63, 3.8) is 0 Å². The summed E-state index contributed by atoms with van der Waals surface area (Å²) in [5, 5.41) is 2.70. The van der Waals surface area contributed by atoms with Gasteiger partial charge in [-0.25, -0.2) is 9.18 Å². The Balaban J connectivity index is 2.05. The first-order valence-electron chi connectivity index (χ1n) is 6.60. The summed E-state index contributed by atoms with van der Waals surface area (Å²) >= 11 is 11.8. The van der Waals surface area contributed by atoms with E-state index in [1.54, 1.807) is 6.07 Å². The van der Waals surface area contributed by atoms with Crippen LogP contribution in [0.1, 0.15) is 17.3 Å². The van der Waals surface area contributed by atoms with Crippen LogP contribution in [0.4, 0.5) is 10.1 Å². The Morgan fingerprint density at radius 2 is 1.74 bits per heavy atom. The monoisotopic (exact) mass is 355 g/mol. The standard InChI is InChI=1S/C16H12Cl2FNO3/c1-9(15(21)20-11-5-2-4-10(19)8-11)23-16(22)14-12(17)6-3-7-13(14)18/h2-9H,1H3,(H,20,21). The van der Waals surface area contributed by atoms with E-state index in [-0.39, 0.29) is 21.3 Å². The zero-order valence-corrected chi connectivity index (χ0v) is 13.5. The summed E-state index contributed by atoms with van der Waals surface area (Å²) < 4.78 is 18.1. The number of hydrogen-bond acceptors (Lipinski definition) is 3. The third kappa shape index (κ3) is 4.43. The minimum atomic E-state index is -1.11. The lowest BCUT2D eigenvalue weighted by atomic mass is 10.2. The zero-order valence-electron chi connectivity index (χ0n) is 12.0. The molecular formula is C16H12Cl2FNO3. The van der Waals surface area contributed by atoms with Crippen LogP contribution in [-0.2, 0) is 9.53 Å². The zero-order chi connectivity index (χ0) is 17.0. The molecule has 1 amide bonds. The molecule has 120 valence electrons. The molecule has 4 nitrogen and oxygen atoms in total. The van der Waals surface area contributed by atoms with E-state index in [1.807, 2.05) is 0 Å². The maximum absolute atomic E-state index is 13.1. The molecule has 1 N–H and O–H groups in total. The molecule has 7 heteroatoms. The van der Waals surface area contributed by atoms with Crippen molar-refractivity contribution in [1.29, 1.82) is 0 Å². The summed E-state index contributed by atoms with van der Waals surface area (Å²) in [6.07, 6.45) is -1.11. The fraction of sp³-hybridized carbons (Fsp3) is 0.125. The van der Waals surface area contributed by atoms with E-state index >= 15 is 0 Å². The lowest BCUT2D eigenvalue weighted by Crippen LogP contribution is -2.30. The van der Waals surface area contributed by atoms with Gasteiger partial charge < -0.3 is 10.1 Å². The lowest BCUT2D eigenvalue weighted by molar-refractivity contribution is -0.123. The van der Waals surface area contributed by atoms with Crippen LogP contribution in [-0.4, -0.2) is 18.0 Å². The van der Waals surface area contributed by atoms with E-state index in [2.05, 4.69) is 5.32 Å². The minimum absolute atomic E-state index is 0.0127. The third-order valence-corrected chi connectivity index (χ3v) is 3.54. The van der Waals surface area contributed by atoms with Crippen molar-refractivity contribution in [3.05, 3.63) is 63.9 Å². The Kier molecular flexibility index (Phi) is 5.58. The van der Waals surface area contributed by atoms with E-state index in [0.29, 0.717) is 0 Å². The second kappa shape index (κ2) is 7.44. The Morgan fingerprint density at radius 3 is 2.35 bits per heavy atom. The molecule has 1 atom stereocenters. The predicted octanol–water partition coefficient (Wildman–Crippen LogP) is 4.32. The molecule has 0 radical (unpaired) electrons. The van der Waals surface area contributed by atoms with E-state index < -0.39 is 23.8 Å². The summed E-state index contributed by atoms with van der Waals surface area (Å²) in [5.74, 6) is -1.91. The van der Waals surface area contributed by atoms with Gasteiger partial charge in [-0.2, -0.15) is 0 Å². The van der Waals surface area contributed by atoms with Crippen molar-refractivity contribution in [2.75, 3.05) is 5.32 Å². The highest BCUT2D eigenvalue weighted by Crippen LogP contribution is 2.25. The van der Waals surface area contributed by atoms with Gasteiger partial charge in [-0.15, -0.1) is 0 Å². The van der Waals surface area contributed by atoms with E-state index in [4.69, 9.17) is 27.9 Å². The van der Waals surface area contributed by atoms with E-state index in [9.17, 15) is 14.0 Å². The summed E-state index contributed by atoms with van der Waals surface area (Å²) in [7, 11) is 0. The lowest BCUT2D eigenvalue weighted by Gasteiger charge is -2.14. The Bertz CT molecular complexity index is 732. The molecule has 2 aromatic carbocycles. The SMILES string of the molecule is CC(OC(=O)c1c(Cl)cccc1Cl)C(=O)Nc1cccc(F)c1. The maximum atomic E-state index is 13.1. The summed E-state index contributed by atoms with van der Waals surface area (Å²) in [4.78, 5) is 24.1. The van der Waals surface area contributed by atoms with Crippen molar-refractivity contribution in [3.8, 4) is 0 Å². The van der Waals surface area contributed by atoms with Gasteiger partial charge in [-0.1, -0.05) is 35.3 Å². The van der Waals surface area contributed by atoms with Gasteiger partial charge in [0.05, 0.1) is 15.6 Å². The number of benzene rings is 2. The smallest absolute Gasteiger partial charge is 0.341 e. The first kappa shape index (κ1) is 17.2. The number of esters is 1. The fourth-order valence-electron chi connectivity index (χ4n) is 1.78. The van der Waals surface area contributed by atoms with Crippen molar-refractivity contribution in [2.24, 2.45) is 0 Å². The number of halogens is 3. The quantitative estimate of drug-likeness (QED) is 0.831. The minimum Gasteiger partial charge on any atom is -0.449 e. The van der Waals surface area contributed by atoms with Gasteiger partial charge in [-0.05, 0) is 37.3 Å². The van der Waals surface area contributed by atoms with Gasteiger partial charge in [0.25, 0.3) is 5.91 Å². The first-order valence-corrected chi connectivity index (χ1v) is 7.35. The predicted molar refractivity (Wildman–Crippen MR) is 86.4 cm³/mol. The average molecular weight is 356 g/mol. The summed E-state index contributed by atoms with van der Waals surface area (Å²) in [5.41, 5.74) is 0.245. The molecule has 0 aliphatic rings. The van der Waals surface area contributed by atoms with Gasteiger partial charge in [0.1, 0.15) is 5.82 Å². The molecule has 0 aromatic heterocycles. The van der Waals surface area contributed by atoms with Gasteiger partial charge in [-0.3, -0.25) is 4.79 Å². The molecule has 1 unspecified atom stereocenters. The molecule has 23 heavy (non-hydrogen) atoms. The molecule has 0 spiro atoms. The molecule has 0 saturated heterocycles.